The molecule has 0 aliphatic carbocycles. The molecular weight excluding hydrogens is 330 g/mol. The van der Waals surface area contributed by atoms with Gasteiger partial charge >= 0.3 is 5.97 Å². The van der Waals surface area contributed by atoms with Gasteiger partial charge in [-0.1, -0.05) is 35.9 Å². The summed E-state index contributed by atoms with van der Waals surface area (Å²) in [6.45, 7) is 1.88. The number of para-hydroxylation sites is 1. The summed E-state index contributed by atoms with van der Waals surface area (Å²) in [4.78, 5) is 23.9. The van der Waals surface area contributed by atoms with Crippen LogP contribution in [0.15, 0.2) is 72.8 Å². The topological polar surface area (TPSA) is 75.6 Å². The summed E-state index contributed by atoms with van der Waals surface area (Å²) in [5.74, 6) is -0.462. The van der Waals surface area contributed by atoms with Crippen LogP contribution in [-0.4, -0.2) is 17.0 Å². The van der Waals surface area contributed by atoms with Crippen molar-refractivity contribution in [3.63, 3.8) is 0 Å². The largest absolute Gasteiger partial charge is 0.478 e. The van der Waals surface area contributed by atoms with Crippen LogP contribution in [0.2, 0.25) is 0 Å². The van der Waals surface area contributed by atoms with E-state index in [2.05, 4.69) is 5.32 Å². The highest BCUT2D eigenvalue weighted by atomic mass is 16.5. The number of nitrogens with one attached hydrogen (secondary N) is 1. The van der Waals surface area contributed by atoms with Crippen molar-refractivity contribution in [2.24, 2.45) is 0 Å². The van der Waals surface area contributed by atoms with Crippen molar-refractivity contribution in [1.82, 2.24) is 0 Å². The van der Waals surface area contributed by atoms with E-state index in [4.69, 9.17) is 4.74 Å². The molecule has 0 aliphatic heterocycles. The summed E-state index contributed by atoms with van der Waals surface area (Å²) < 4.78 is 5.72. The third kappa shape index (κ3) is 4.08. The number of hydrogen-bond acceptors (Lipinski definition) is 3. The second kappa shape index (κ2) is 7.53. The van der Waals surface area contributed by atoms with Gasteiger partial charge in [0.05, 0.1) is 11.3 Å². The summed E-state index contributed by atoms with van der Waals surface area (Å²) in [5.41, 5.74) is 1.57. The number of aryl methyl sites for hydroxylation is 1. The molecule has 3 aromatic carbocycles. The van der Waals surface area contributed by atoms with Crippen LogP contribution in [0.4, 0.5) is 5.69 Å². The molecule has 5 nitrogen and oxygen atoms in total. The summed E-state index contributed by atoms with van der Waals surface area (Å²) in [6, 6.07) is 20.6. The first-order valence-corrected chi connectivity index (χ1v) is 8.01. The van der Waals surface area contributed by atoms with Crippen molar-refractivity contribution in [3.05, 3.63) is 89.5 Å². The lowest BCUT2D eigenvalue weighted by molar-refractivity contribution is 0.0698. The molecule has 0 radical (unpaired) electrons. The Labute approximate surface area is 150 Å². The lowest BCUT2D eigenvalue weighted by Crippen LogP contribution is -2.15. The lowest BCUT2D eigenvalue weighted by atomic mass is 10.1. The zero-order chi connectivity index (χ0) is 18.5. The Morgan fingerprint density at radius 2 is 1.65 bits per heavy atom. The minimum Gasteiger partial charge on any atom is -0.478 e. The van der Waals surface area contributed by atoms with Crippen LogP contribution in [0.3, 0.4) is 0 Å². The number of carboxylic acid groups (broad SMARTS) is 1. The molecular formula is C21H17NO4. The van der Waals surface area contributed by atoms with E-state index in [1.807, 2.05) is 31.2 Å². The Bertz CT molecular complexity index is 951. The summed E-state index contributed by atoms with van der Waals surface area (Å²) in [7, 11) is 0. The fraction of sp³-hybridized carbons (Fsp3) is 0.0476. The van der Waals surface area contributed by atoms with Crippen molar-refractivity contribution in [2.45, 2.75) is 6.92 Å². The molecule has 130 valence electrons. The fourth-order valence-electron chi connectivity index (χ4n) is 2.48. The molecule has 3 rings (SSSR count). The van der Waals surface area contributed by atoms with E-state index in [0.717, 1.165) is 5.56 Å². The van der Waals surface area contributed by atoms with Gasteiger partial charge in [0, 0.05) is 11.6 Å². The number of carbonyl (C=O) groups excluding carboxylic acids is 1. The molecule has 0 spiro atoms. The van der Waals surface area contributed by atoms with Crippen LogP contribution in [-0.2, 0) is 0 Å². The van der Waals surface area contributed by atoms with E-state index in [0.29, 0.717) is 17.1 Å². The van der Waals surface area contributed by atoms with Crippen molar-refractivity contribution in [3.8, 4) is 11.5 Å². The maximum Gasteiger partial charge on any atom is 0.337 e. The first-order valence-electron chi connectivity index (χ1n) is 8.01. The average molecular weight is 347 g/mol. The number of carboxylic acids is 1. The van der Waals surface area contributed by atoms with Gasteiger partial charge in [-0.25, -0.2) is 4.79 Å². The van der Waals surface area contributed by atoms with E-state index >= 15 is 0 Å². The molecule has 3 aromatic rings. The van der Waals surface area contributed by atoms with Crippen LogP contribution in [0.5, 0.6) is 11.5 Å². The van der Waals surface area contributed by atoms with Gasteiger partial charge < -0.3 is 15.2 Å². The average Bonchev–Trinajstić information content (AvgIpc) is 2.62. The SMILES string of the molecule is Cc1cccc(C(=O)Nc2cc(Oc3ccccc3)ccc2C(=O)O)c1. The highest BCUT2D eigenvalue weighted by Gasteiger charge is 2.15. The molecule has 0 heterocycles. The molecule has 0 aromatic heterocycles. The summed E-state index contributed by atoms with van der Waals surface area (Å²) in [5, 5.41) is 12.0. The molecule has 0 atom stereocenters. The minimum atomic E-state index is -1.13. The first kappa shape index (κ1) is 17.2. The van der Waals surface area contributed by atoms with Crippen molar-refractivity contribution in [1.29, 1.82) is 0 Å². The molecule has 0 saturated heterocycles. The Kier molecular flexibility index (Phi) is 4.99. The van der Waals surface area contributed by atoms with Gasteiger partial charge in [-0.15, -0.1) is 0 Å². The molecule has 0 aliphatic rings. The van der Waals surface area contributed by atoms with E-state index in [1.165, 1.54) is 12.1 Å². The van der Waals surface area contributed by atoms with Crippen LogP contribution < -0.4 is 10.1 Å². The van der Waals surface area contributed by atoms with Crippen LogP contribution >= 0.6 is 0 Å². The smallest absolute Gasteiger partial charge is 0.337 e. The quantitative estimate of drug-likeness (QED) is 0.699. The van der Waals surface area contributed by atoms with Gasteiger partial charge in [-0.05, 0) is 43.3 Å². The van der Waals surface area contributed by atoms with Gasteiger partial charge in [0.2, 0.25) is 0 Å². The Morgan fingerprint density at radius 3 is 2.35 bits per heavy atom. The second-order valence-electron chi connectivity index (χ2n) is 5.75. The number of hydrogen-bond donors (Lipinski definition) is 2. The first-order chi connectivity index (χ1) is 12.5. The number of anilines is 1. The number of benzene rings is 3. The van der Waals surface area contributed by atoms with Crippen molar-refractivity contribution >= 4 is 17.6 Å². The van der Waals surface area contributed by atoms with Gasteiger partial charge in [-0.3, -0.25) is 4.79 Å². The normalized spacial score (nSPS) is 10.2. The predicted molar refractivity (Wildman–Crippen MR) is 99.0 cm³/mol. The van der Waals surface area contributed by atoms with Gasteiger partial charge in [-0.2, -0.15) is 0 Å². The third-order valence-corrected chi connectivity index (χ3v) is 3.73. The molecule has 0 fully saturated rings. The third-order valence-electron chi connectivity index (χ3n) is 3.73. The number of aromatic carboxylic acids is 1. The highest BCUT2D eigenvalue weighted by molar-refractivity contribution is 6.08. The second-order valence-corrected chi connectivity index (χ2v) is 5.75. The monoisotopic (exact) mass is 347 g/mol. The van der Waals surface area contributed by atoms with E-state index < -0.39 is 5.97 Å². The van der Waals surface area contributed by atoms with Crippen molar-refractivity contribution < 1.29 is 19.4 Å². The number of amides is 1. The standard InChI is InChI=1S/C21H17NO4/c1-14-6-5-7-15(12-14)20(23)22-19-13-17(10-11-18(19)21(24)25)26-16-8-3-2-4-9-16/h2-13H,1H3,(H,22,23)(H,24,25). The molecule has 2 N–H and O–H groups in total. The molecule has 0 bridgehead atoms. The Balaban J connectivity index is 1.89. The van der Waals surface area contributed by atoms with Crippen LogP contribution in [0, 0.1) is 6.92 Å². The maximum atomic E-state index is 12.5. The highest BCUT2D eigenvalue weighted by Crippen LogP contribution is 2.27. The van der Waals surface area contributed by atoms with Gasteiger partial charge in [0.1, 0.15) is 11.5 Å². The molecule has 0 unspecified atom stereocenters. The fourth-order valence-corrected chi connectivity index (χ4v) is 2.48. The van der Waals surface area contributed by atoms with E-state index in [-0.39, 0.29) is 17.2 Å². The van der Waals surface area contributed by atoms with Gasteiger partial charge in [0.15, 0.2) is 0 Å². The molecule has 0 saturated carbocycles. The zero-order valence-electron chi connectivity index (χ0n) is 14.1. The molecule has 26 heavy (non-hydrogen) atoms. The van der Waals surface area contributed by atoms with Crippen LogP contribution in [0.25, 0.3) is 0 Å². The van der Waals surface area contributed by atoms with Crippen LogP contribution in [0.1, 0.15) is 26.3 Å². The van der Waals surface area contributed by atoms with Gasteiger partial charge in [0.25, 0.3) is 5.91 Å². The Hall–Kier alpha value is -3.60. The van der Waals surface area contributed by atoms with E-state index in [1.54, 1.807) is 36.4 Å². The maximum absolute atomic E-state index is 12.5. The Morgan fingerprint density at radius 1 is 0.885 bits per heavy atom. The number of rotatable bonds is 5. The number of carbonyl (C=O) groups is 2. The summed E-state index contributed by atoms with van der Waals surface area (Å²) in [6.07, 6.45) is 0. The summed E-state index contributed by atoms with van der Waals surface area (Å²) >= 11 is 0. The predicted octanol–water partition coefficient (Wildman–Crippen LogP) is 4.74. The molecule has 5 heteroatoms. The van der Waals surface area contributed by atoms with E-state index in [9.17, 15) is 14.7 Å². The zero-order valence-corrected chi connectivity index (χ0v) is 14.1. The molecule has 1 amide bonds. The van der Waals surface area contributed by atoms with Crippen molar-refractivity contribution in [2.75, 3.05) is 5.32 Å². The number of ether oxygens (including phenoxy) is 1. The lowest BCUT2D eigenvalue weighted by Gasteiger charge is -2.12. The minimum absolute atomic E-state index is 0.00795.